The Morgan fingerprint density at radius 2 is 2.04 bits per heavy atom. The number of esters is 1. The average Bonchev–Trinajstić information content (AvgIpc) is 3.42. The lowest BCUT2D eigenvalue weighted by Gasteiger charge is -2.36. The van der Waals surface area contributed by atoms with Gasteiger partial charge in [0.05, 0.1) is 11.7 Å². The van der Waals surface area contributed by atoms with E-state index < -0.39 is 0 Å². The Kier molecular flexibility index (Phi) is 3.91. The maximum atomic E-state index is 13.1. The molecule has 0 unspecified atom stereocenters. The molecule has 3 aliphatic rings. The SMILES string of the molecule is O=C(OCc1coc(Cc2ccccc2)c1)[C@@]12CCC[C@H]1[C@@H]1CC[C@H]2C1. The number of rotatable bonds is 5. The molecule has 0 N–H and O–H groups in total. The van der Waals surface area contributed by atoms with E-state index >= 15 is 0 Å². The van der Waals surface area contributed by atoms with Crippen LogP contribution in [0.15, 0.2) is 47.1 Å². The first kappa shape index (κ1) is 16.2. The zero-order valence-electron chi connectivity index (χ0n) is 15.2. The summed E-state index contributed by atoms with van der Waals surface area (Å²) in [4.78, 5) is 13.1. The van der Waals surface area contributed by atoms with E-state index in [0.29, 0.717) is 18.4 Å². The van der Waals surface area contributed by atoms with Gasteiger partial charge < -0.3 is 9.15 Å². The molecule has 3 nitrogen and oxygen atoms in total. The average molecular weight is 350 g/mol. The van der Waals surface area contributed by atoms with Crippen molar-refractivity contribution >= 4 is 5.97 Å². The van der Waals surface area contributed by atoms with E-state index in [1.165, 1.54) is 37.7 Å². The van der Waals surface area contributed by atoms with Gasteiger partial charge in [0.1, 0.15) is 12.4 Å². The summed E-state index contributed by atoms with van der Waals surface area (Å²) in [6, 6.07) is 12.3. The first-order valence-electron chi connectivity index (χ1n) is 10.0. The van der Waals surface area contributed by atoms with Gasteiger partial charge in [-0.2, -0.15) is 0 Å². The Morgan fingerprint density at radius 3 is 2.92 bits per heavy atom. The molecule has 0 amide bonds. The molecule has 1 aromatic heterocycles. The van der Waals surface area contributed by atoms with Crippen LogP contribution in [-0.4, -0.2) is 5.97 Å². The Hall–Kier alpha value is -2.03. The fourth-order valence-electron chi connectivity index (χ4n) is 6.17. The standard InChI is InChI=1S/C23H26O3/c24-22(23-10-4-7-21(23)18-8-9-19(23)13-18)26-15-17-12-20(25-14-17)11-16-5-2-1-3-6-16/h1-3,5-6,12,14,18-19,21H,4,7-11,13,15H2/t18-,19+,21+,23-/m1/s1. The first-order chi connectivity index (χ1) is 12.8. The Morgan fingerprint density at radius 1 is 1.15 bits per heavy atom. The minimum absolute atomic E-state index is 0.0676. The minimum atomic E-state index is -0.153. The molecule has 1 aromatic carbocycles. The van der Waals surface area contributed by atoms with Gasteiger partial charge in [-0.15, -0.1) is 0 Å². The van der Waals surface area contributed by atoms with Crippen LogP contribution in [0.5, 0.6) is 0 Å². The molecule has 2 bridgehead atoms. The highest BCUT2D eigenvalue weighted by Crippen LogP contribution is 2.66. The van der Waals surface area contributed by atoms with Crippen LogP contribution >= 0.6 is 0 Å². The van der Waals surface area contributed by atoms with Crippen LogP contribution in [0.25, 0.3) is 0 Å². The van der Waals surface area contributed by atoms with Crippen molar-refractivity contribution in [3.05, 3.63) is 59.5 Å². The Bertz CT molecular complexity index is 793. The topological polar surface area (TPSA) is 39.4 Å². The number of carbonyl (C=O) groups excluding carboxylic acids is 1. The highest BCUT2D eigenvalue weighted by molar-refractivity contribution is 5.79. The van der Waals surface area contributed by atoms with Crippen LogP contribution in [0.2, 0.25) is 0 Å². The van der Waals surface area contributed by atoms with E-state index in [-0.39, 0.29) is 11.4 Å². The van der Waals surface area contributed by atoms with Crippen LogP contribution in [0, 0.1) is 23.2 Å². The van der Waals surface area contributed by atoms with Gasteiger partial charge in [0.15, 0.2) is 0 Å². The zero-order valence-corrected chi connectivity index (χ0v) is 15.2. The van der Waals surface area contributed by atoms with Crippen molar-refractivity contribution in [3.8, 4) is 0 Å². The third kappa shape index (κ3) is 2.52. The summed E-state index contributed by atoms with van der Waals surface area (Å²) in [7, 11) is 0. The molecule has 4 atom stereocenters. The lowest BCUT2D eigenvalue weighted by atomic mass is 9.68. The fraction of sp³-hybridized carbons (Fsp3) is 0.522. The molecule has 136 valence electrons. The lowest BCUT2D eigenvalue weighted by Crippen LogP contribution is -2.41. The largest absolute Gasteiger partial charge is 0.469 e. The van der Waals surface area contributed by atoms with E-state index in [2.05, 4.69) is 12.1 Å². The molecular weight excluding hydrogens is 324 g/mol. The predicted molar refractivity (Wildman–Crippen MR) is 98.4 cm³/mol. The van der Waals surface area contributed by atoms with E-state index in [4.69, 9.17) is 9.15 Å². The summed E-state index contributed by atoms with van der Waals surface area (Å²) in [5.74, 6) is 2.93. The van der Waals surface area contributed by atoms with Crippen molar-refractivity contribution in [2.75, 3.05) is 0 Å². The number of hydrogen-bond donors (Lipinski definition) is 0. The second kappa shape index (κ2) is 6.29. The van der Waals surface area contributed by atoms with Gasteiger partial charge >= 0.3 is 5.97 Å². The highest BCUT2D eigenvalue weighted by atomic mass is 16.5. The van der Waals surface area contributed by atoms with Crippen molar-refractivity contribution < 1.29 is 13.9 Å². The zero-order chi connectivity index (χ0) is 17.6. The van der Waals surface area contributed by atoms with E-state index in [1.807, 2.05) is 24.3 Å². The molecular formula is C23H26O3. The number of benzene rings is 1. The highest BCUT2D eigenvalue weighted by Gasteiger charge is 2.64. The molecule has 26 heavy (non-hydrogen) atoms. The summed E-state index contributed by atoms with van der Waals surface area (Å²) in [5.41, 5.74) is 2.03. The number of furan rings is 1. The molecule has 0 saturated heterocycles. The van der Waals surface area contributed by atoms with Gasteiger partial charge in [0, 0.05) is 12.0 Å². The van der Waals surface area contributed by atoms with Crippen molar-refractivity contribution in [1.82, 2.24) is 0 Å². The van der Waals surface area contributed by atoms with E-state index in [0.717, 1.165) is 30.1 Å². The quantitative estimate of drug-likeness (QED) is 0.702. The van der Waals surface area contributed by atoms with Gasteiger partial charge in [-0.25, -0.2) is 0 Å². The Labute approximate surface area is 154 Å². The Balaban J connectivity index is 1.24. The number of ether oxygens (including phenoxy) is 1. The molecule has 1 heterocycles. The van der Waals surface area contributed by atoms with Gasteiger partial charge in [-0.05, 0) is 61.5 Å². The normalized spacial score (nSPS) is 31.9. The van der Waals surface area contributed by atoms with E-state index in [1.54, 1.807) is 6.26 Å². The van der Waals surface area contributed by atoms with Crippen LogP contribution < -0.4 is 0 Å². The monoisotopic (exact) mass is 350 g/mol. The van der Waals surface area contributed by atoms with Crippen LogP contribution in [0.1, 0.15) is 55.4 Å². The molecule has 3 aliphatic carbocycles. The van der Waals surface area contributed by atoms with Gasteiger partial charge in [0.25, 0.3) is 0 Å². The summed E-state index contributed by atoms with van der Waals surface area (Å²) in [5, 5.41) is 0. The van der Waals surface area contributed by atoms with Crippen LogP contribution in [0.3, 0.4) is 0 Å². The predicted octanol–water partition coefficient (Wildman–Crippen LogP) is 5.13. The van der Waals surface area contributed by atoms with Crippen molar-refractivity contribution in [2.24, 2.45) is 23.2 Å². The minimum Gasteiger partial charge on any atom is -0.469 e. The van der Waals surface area contributed by atoms with E-state index in [9.17, 15) is 4.79 Å². The third-order valence-electron chi connectivity index (χ3n) is 7.22. The van der Waals surface area contributed by atoms with Crippen molar-refractivity contribution in [3.63, 3.8) is 0 Å². The smallest absolute Gasteiger partial charge is 0.312 e. The number of fused-ring (bicyclic) bond motifs is 5. The molecule has 0 spiro atoms. The maximum Gasteiger partial charge on any atom is 0.312 e. The molecule has 0 aliphatic heterocycles. The summed E-state index contributed by atoms with van der Waals surface area (Å²) >= 11 is 0. The summed E-state index contributed by atoms with van der Waals surface area (Å²) in [6.45, 7) is 0.336. The van der Waals surface area contributed by atoms with Crippen LogP contribution in [-0.2, 0) is 22.6 Å². The second-order valence-electron chi connectivity index (χ2n) is 8.47. The second-order valence-corrected chi connectivity index (χ2v) is 8.47. The lowest BCUT2D eigenvalue weighted by molar-refractivity contribution is -0.163. The van der Waals surface area contributed by atoms with Gasteiger partial charge in [-0.1, -0.05) is 36.8 Å². The molecule has 3 fully saturated rings. The number of carbonyl (C=O) groups is 1. The molecule has 2 aromatic rings. The van der Waals surface area contributed by atoms with Crippen molar-refractivity contribution in [1.29, 1.82) is 0 Å². The first-order valence-corrected chi connectivity index (χ1v) is 10.0. The maximum absolute atomic E-state index is 13.1. The summed E-state index contributed by atoms with van der Waals surface area (Å²) in [6.07, 6.45) is 9.77. The molecule has 3 heteroatoms. The molecule has 3 saturated carbocycles. The third-order valence-corrected chi connectivity index (χ3v) is 7.22. The van der Waals surface area contributed by atoms with Gasteiger partial charge in [0.2, 0.25) is 0 Å². The fourth-order valence-corrected chi connectivity index (χ4v) is 6.17. The van der Waals surface area contributed by atoms with Crippen molar-refractivity contribution in [2.45, 2.75) is 51.6 Å². The number of hydrogen-bond acceptors (Lipinski definition) is 3. The van der Waals surface area contributed by atoms with Gasteiger partial charge in [-0.3, -0.25) is 4.79 Å². The molecule has 5 rings (SSSR count). The van der Waals surface area contributed by atoms with Crippen LogP contribution in [0.4, 0.5) is 0 Å². The molecule has 0 radical (unpaired) electrons. The summed E-state index contributed by atoms with van der Waals surface area (Å²) < 4.78 is 11.5.